The number of nitrogens with zero attached hydrogens (tertiary/aromatic N) is 1. The maximum absolute atomic E-state index is 3.57. The van der Waals surface area contributed by atoms with Crippen LogP contribution in [0, 0.1) is 6.92 Å². The molecule has 106 valence electrons. The number of rotatable bonds is 5. The van der Waals surface area contributed by atoms with Gasteiger partial charge in [0.05, 0.1) is 0 Å². The molecule has 20 heavy (non-hydrogen) atoms. The third kappa shape index (κ3) is 3.84. The molecule has 2 rings (SSSR count). The second-order valence-corrected chi connectivity index (χ2v) is 5.57. The first-order valence-electron chi connectivity index (χ1n) is 7.12. The van der Waals surface area contributed by atoms with E-state index in [9.17, 15) is 0 Å². The lowest BCUT2D eigenvalue weighted by Gasteiger charge is -2.16. The van der Waals surface area contributed by atoms with Crippen molar-refractivity contribution < 1.29 is 0 Å². The second kappa shape index (κ2) is 6.58. The van der Waals surface area contributed by atoms with Gasteiger partial charge < -0.3 is 10.2 Å². The molecule has 2 nitrogen and oxygen atoms in total. The molecule has 0 saturated heterocycles. The molecule has 0 bridgehead atoms. The lowest BCUT2D eigenvalue weighted by molar-refractivity contribution is 0.574. The van der Waals surface area contributed by atoms with Gasteiger partial charge in [-0.05, 0) is 37.1 Å². The summed E-state index contributed by atoms with van der Waals surface area (Å²) in [5.41, 5.74) is 5.19. The van der Waals surface area contributed by atoms with Crippen LogP contribution in [0.5, 0.6) is 0 Å². The zero-order chi connectivity index (χ0) is 14.5. The molecule has 0 radical (unpaired) electrons. The normalized spacial score (nSPS) is 12.2. The number of benzene rings is 2. The topological polar surface area (TPSA) is 15.3 Å². The van der Waals surface area contributed by atoms with E-state index in [1.807, 2.05) is 0 Å². The van der Waals surface area contributed by atoms with Gasteiger partial charge in [-0.2, -0.15) is 0 Å². The number of aryl methyl sites for hydroxylation is 1. The smallest absolute Gasteiger partial charge is 0.0361 e. The van der Waals surface area contributed by atoms with Gasteiger partial charge >= 0.3 is 0 Å². The Morgan fingerprint density at radius 1 is 0.950 bits per heavy atom. The molecule has 1 N–H and O–H groups in total. The van der Waals surface area contributed by atoms with E-state index in [1.165, 1.54) is 22.4 Å². The van der Waals surface area contributed by atoms with Crippen LogP contribution >= 0.6 is 0 Å². The maximum Gasteiger partial charge on any atom is 0.0361 e. The fourth-order valence-corrected chi connectivity index (χ4v) is 2.16. The molecule has 1 atom stereocenters. The minimum atomic E-state index is 0.365. The molecule has 0 aromatic heterocycles. The molecule has 0 heterocycles. The monoisotopic (exact) mass is 268 g/mol. The van der Waals surface area contributed by atoms with Crippen LogP contribution in [0.4, 0.5) is 5.69 Å². The lowest BCUT2D eigenvalue weighted by Crippen LogP contribution is -2.18. The fourth-order valence-electron chi connectivity index (χ4n) is 2.16. The Morgan fingerprint density at radius 3 is 2.10 bits per heavy atom. The van der Waals surface area contributed by atoms with Crippen molar-refractivity contribution in [2.24, 2.45) is 0 Å². The number of hydrogen-bond donors (Lipinski definition) is 1. The van der Waals surface area contributed by atoms with Crippen molar-refractivity contribution >= 4 is 5.69 Å². The van der Waals surface area contributed by atoms with E-state index in [4.69, 9.17) is 0 Å². The van der Waals surface area contributed by atoms with E-state index in [0.717, 1.165) is 6.54 Å². The Balaban J connectivity index is 1.92. The van der Waals surface area contributed by atoms with Gasteiger partial charge in [0.2, 0.25) is 0 Å². The average molecular weight is 268 g/mol. The van der Waals surface area contributed by atoms with E-state index in [2.05, 4.69) is 86.7 Å². The molecule has 0 unspecified atom stereocenters. The number of nitrogens with one attached hydrogen (secondary N) is 1. The van der Waals surface area contributed by atoms with Gasteiger partial charge in [0, 0.05) is 32.4 Å². The molecule has 2 heteroatoms. The Labute approximate surface area is 122 Å². The van der Waals surface area contributed by atoms with E-state index in [1.54, 1.807) is 0 Å². The highest BCUT2D eigenvalue weighted by molar-refractivity contribution is 5.46. The number of anilines is 1. The summed E-state index contributed by atoms with van der Waals surface area (Å²) < 4.78 is 0. The van der Waals surface area contributed by atoms with Gasteiger partial charge in [0.1, 0.15) is 0 Å². The third-order valence-corrected chi connectivity index (χ3v) is 3.64. The highest BCUT2D eigenvalue weighted by atomic mass is 15.1. The van der Waals surface area contributed by atoms with Crippen LogP contribution in [0.3, 0.4) is 0 Å². The fraction of sp³-hybridized carbons (Fsp3) is 0.333. The van der Waals surface area contributed by atoms with Crippen molar-refractivity contribution in [1.29, 1.82) is 0 Å². The minimum absolute atomic E-state index is 0.365. The molecule has 0 aliphatic rings. The molecule has 0 spiro atoms. The van der Waals surface area contributed by atoms with Gasteiger partial charge in [-0.25, -0.2) is 0 Å². The van der Waals surface area contributed by atoms with Gasteiger partial charge in [-0.15, -0.1) is 0 Å². The molecule has 2 aromatic rings. The van der Waals surface area contributed by atoms with Crippen LogP contribution in [0.25, 0.3) is 0 Å². The second-order valence-electron chi connectivity index (χ2n) is 5.57. The predicted molar refractivity (Wildman–Crippen MR) is 87.2 cm³/mol. The van der Waals surface area contributed by atoms with Gasteiger partial charge in [-0.1, -0.05) is 42.0 Å². The summed E-state index contributed by atoms with van der Waals surface area (Å²) in [4.78, 5) is 2.12. The van der Waals surface area contributed by atoms with Crippen molar-refractivity contribution in [3.8, 4) is 0 Å². The summed E-state index contributed by atoms with van der Waals surface area (Å²) in [6, 6.07) is 17.8. The van der Waals surface area contributed by atoms with E-state index >= 15 is 0 Å². The Hall–Kier alpha value is -1.80. The van der Waals surface area contributed by atoms with Gasteiger partial charge in [-0.3, -0.25) is 0 Å². The Morgan fingerprint density at radius 2 is 1.55 bits per heavy atom. The summed E-state index contributed by atoms with van der Waals surface area (Å²) in [5, 5.41) is 3.57. The van der Waals surface area contributed by atoms with Crippen LogP contribution in [-0.4, -0.2) is 14.1 Å². The van der Waals surface area contributed by atoms with Crippen LogP contribution in [-0.2, 0) is 6.54 Å². The molecule has 0 amide bonds. The van der Waals surface area contributed by atoms with Crippen molar-refractivity contribution in [1.82, 2.24) is 5.32 Å². The Bertz CT molecular complexity index is 526. The molecular formula is C18H24N2. The minimum Gasteiger partial charge on any atom is -0.378 e. The van der Waals surface area contributed by atoms with Crippen LogP contribution in [0.15, 0.2) is 48.5 Å². The van der Waals surface area contributed by atoms with E-state index in [-0.39, 0.29) is 0 Å². The van der Waals surface area contributed by atoms with Gasteiger partial charge in [0.15, 0.2) is 0 Å². The molecule has 0 aliphatic carbocycles. The molecule has 0 fully saturated rings. The van der Waals surface area contributed by atoms with Gasteiger partial charge in [0.25, 0.3) is 0 Å². The highest BCUT2D eigenvalue weighted by Gasteiger charge is 2.04. The van der Waals surface area contributed by atoms with Crippen molar-refractivity contribution in [2.45, 2.75) is 26.4 Å². The van der Waals surface area contributed by atoms with Crippen LogP contribution in [0.1, 0.15) is 29.7 Å². The lowest BCUT2D eigenvalue weighted by atomic mass is 10.1. The van der Waals surface area contributed by atoms with E-state index in [0.29, 0.717) is 6.04 Å². The first-order valence-corrected chi connectivity index (χ1v) is 7.12. The summed E-state index contributed by atoms with van der Waals surface area (Å²) >= 11 is 0. The zero-order valence-corrected chi connectivity index (χ0v) is 12.9. The van der Waals surface area contributed by atoms with Crippen LogP contribution < -0.4 is 10.2 Å². The molecular weight excluding hydrogens is 244 g/mol. The van der Waals surface area contributed by atoms with E-state index < -0.39 is 0 Å². The maximum atomic E-state index is 3.57. The standard InChI is InChI=1S/C18H24N2/c1-14-5-9-17(10-6-14)15(2)19-13-16-7-11-18(12-8-16)20(3)4/h5-12,15,19H,13H2,1-4H3/t15-/m0/s1. The largest absolute Gasteiger partial charge is 0.378 e. The number of hydrogen-bond acceptors (Lipinski definition) is 2. The quantitative estimate of drug-likeness (QED) is 0.884. The van der Waals surface area contributed by atoms with Crippen molar-refractivity contribution in [3.05, 3.63) is 65.2 Å². The SMILES string of the molecule is Cc1ccc([C@H](C)NCc2ccc(N(C)C)cc2)cc1. The summed E-state index contributed by atoms with van der Waals surface area (Å²) in [7, 11) is 4.12. The first kappa shape index (κ1) is 14.6. The predicted octanol–water partition coefficient (Wildman–Crippen LogP) is 3.91. The summed E-state index contributed by atoms with van der Waals surface area (Å²) in [6.07, 6.45) is 0. The summed E-state index contributed by atoms with van der Waals surface area (Å²) in [6.45, 7) is 5.22. The molecule has 2 aromatic carbocycles. The zero-order valence-electron chi connectivity index (χ0n) is 12.9. The van der Waals surface area contributed by atoms with Crippen molar-refractivity contribution in [3.63, 3.8) is 0 Å². The Kier molecular flexibility index (Phi) is 4.80. The van der Waals surface area contributed by atoms with Crippen LogP contribution in [0.2, 0.25) is 0 Å². The molecule has 0 saturated carbocycles. The third-order valence-electron chi connectivity index (χ3n) is 3.64. The molecule has 0 aliphatic heterocycles. The average Bonchev–Trinajstić information content (AvgIpc) is 2.46. The first-order chi connectivity index (χ1) is 9.56. The highest BCUT2D eigenvalue weighted by Crippen LogP contribution is 2.15. The van der Waals surface area contributed by atoms with Crippen molar-refractivity contribution in [2.75, 3.05) is 19.0 Å². The summed E-state index contributed by atoms with van der Waals surface area (Å²) in [5.74, 6) is 0.